The maximum absolute atomic E-state index is 14.1. The summed E-state index contributed by atoms with van der Waals surface area (Å²) in [5, 5.41) is 11.4. The summed E-state index contributed by atoms with van der Waals surface area (Å²) < 4.78 is 10.9. The van der Waals surface area contributed by atoms with E-state index >= 15 is 0 Å². The van der Waals surface area contributed by atoms with Gasteiger partial charge in [0.1, 0.15) is 12.2 Å². The van der Waals surface area contributed by atoms with Crippen LogP contribution in [0, 0.1) is 22.0 Å². The molecule has 10 nitrogen and oxygen atoms in total. The minimum Gasteiger partial charge on any atom is -0.447 e. The standard InChI is InChI=1S/C29H35N3O7/c1-19-13-22(17-30(19)27(34)39-29(2,3)4)25(16-21-11-8-12-23(15-21)32(36)37)26(33)31-24(18-38-28(31)35)14-20-9-6-5-7-10-20/h5-12,15,19,22,24-25H,13-14,16-18H2,1-4H3/t19-,22+,24+,25+/m1/s1. The molecule has 10 heteroatoms. The topological polar surface area (TPSA) is 119 Å². The van der Waals surface area contributed by atoms with Crippen molar-refractivity contribution in [2.75, 3.05) is 13.2 Å². The number of carbonyl (C=O) groups is 3. The van der Waals surface area contributed by atoms with Crippen LogP contribution >= 0.6 is 0 Å². The molecule has 2 heterocycles. The Balaban J connectivity index is 1.62. The lowest BCUT2D eigenvalue weighted by Crippen LogP contribution is -2.46. The summed E-state index contributed by atoms with van der Waals surface area (Å²) in [5.74, 6) is -1.39. The Kier molecular flexibility index (Phi) is 8.22. The number of carbonyl (C=O) groups excluding carboxylic acids is 3. The van der Waals surface area contributed by atoms with E-state index in [-0.39, 0.29) is 37.2 Å². The van der Waals surface area contributed by atoms with Crippen molar-refractivity contribution >= 4 is 23.8 Å². The van der Waals surface area contributed by atoms with Gasteiger partial charge in [-0.1, -0.05) is 42.5 Å². The van der Waals surface area contributed by atoms with Crippen LogP contribution in [0.4, 0.5) is 15.3 Å². The van der Waals surface area contributed by atoms with Gasteiger partial charge in [-0.3, -0.25) is 14.9 Å². The molecule has 0 spiro atoms. The van der Waals surface area contributed by atoms with Gasteiger partial charge in [0.05, 0.1) is 11.0 Å². The van der Waals surface area contributed by atoms with Crippen molar-refractivity contribution < 1.29 is 28.8 Å². The number of rotatable bonds is 7. The SMILES string of the molecule is C[C@@H]1C[C@H]([C@H](Cc2cccc([N+](=O)[O-])c2)C(=O)N2C(=O)OC[C@@H]2Cc2ccccc2)CN1C(=O)OC(C)(C)C. The molecule has 39 heavy (non-hydrogen) atoms. The number of hydrogen-bond acceptors (Lipinski definition) is 7. The molecule has 0 radical (unpaired) electrons. The zero-order chi connectivity index (χ0) is 28.3. The molecule has 2 aliphatic rings. The van der Waals surface area contributed by atoms with Crippen LogP contribution in [-0.4, -0.2) is 63.7 Å². The molecule has 2 aromatic carbocycles. The summed E-state index contributed by atoms with van der Waals surface area (Å²) in [4.78, 5) is 53.6. The van der Waals surface area contributed by atoms with Crippen molar-refractivity contribution in [3.63, 3.8) is 0 Å². The summed E-state index contributed by atoms with van der Waals surface area (Å²) >= 11 is 0. The number of benzene rings is 2. The number of ether oxygens (including phenoxy) is 2. The fraction of sp³-hybridized carbons (Fsp3) is 0.483. The Hall–Kier alpha value is -3.95. The number of likely N-dealkylation sites (tertiary alicyclic amines) is 1. The molecule has 4 rings (SSSR count). The average Bonchev–Trinajstić information content (AvgIpc) is 3.44. The largest absolute Gasteiger partial charge is 0.447 e. The maximum Gasteiger partial charge on any atom is 0.416 e. The molecular formula is C29H35N3O7. The third-order valence-electron chi connectivity index (χ3n) is 7.21. The molecule has 0 unspecified atom stereocenters. The van der Waals surface area contributed by atoms with E-state index in [1.165, 1.54) is 17.0 Å². The highest BCUT2D eigenvalue weighted by molar-refractivity contribution is 5.95. The summed E-state index contributed by atoms with van der Waals surface area (Å²) in [5.41, 5.74) is 0.839. The zero-order valence-corrected chi connectivity index (χ0v) is 22.7. The number of non-ortho nitro benzene ring substituents is 1. The van der Waals surface area contributed by atoms with Crippen LogP contribution in [0.5, 0.6) is 0 Å². The molecular weight excluding hydrogens is 502 g/mol. The second kappa shape index (κ2) is 11.4. The normalized spacial score (nSPS) is 21.9. The Bertz CT molecular complexity index is 1230. The second-order valence-electron chi connectivity index (χ2n) is 11.3. The average molecular weight is 538 g/mol. The first kappa shape index (κ1) is 28.1. The molecule has 2 aliphatic heterocycles. The fourth-order valence-corrected chi connectivity index (χ4v) is 5.39. The lowest BCUT2D eigenvalue weighted by Gasteiger charge is -2.29. The Labute approximate surface area is 228 Å². The molecule has 2 fully saturated rings. The molecule has 2 saturated heterocycles. The van der Waals surface area contributed by atoms with Crippen LogP contribution in [0.15, 0.2) is 54.6 Å². The number of imide groups is 1. The van der Waals surface area contributed by atoms with Crippen molar-refractivity contribution in [1.29, 1.82) is 0 Å². The summed E-state index contributed by atoms with van der Waals surface area (Å²) in [6.45, 7) is 7.65. The molecule has 2 aromatic rings. The summed E-state index contributed by atoms with van der Waals surface area (Å²) in [7, 11) is 0. The molecule has 3 amide bonds. The smallest absolute Gasteiger partial charge is 0.416 e. The van der Waals surface area contributed by atoms with Gasteiger partial charge in [-0.15, -0.1) is 0 Å². The van der Waals surface area contributed by atoms with Gasteiger partial charge >= 0.3 is 12.2 Å². The van der Waals surface area contributed by atoms with Gasteiger partial charge in [0.2, 0.25) is 5.91 Å². The predicted molar refractivity (Wildman–Crippen MR) is 143 cm³/mol. The van der Waals surface area contributed by atoms with Gasteiger partial charge in [-0.2, -0.15) is 0 Å². The molecule has 4 atom stereocenters. The summed E-state index contributed by atoms with van der Waals surface area (Å²) in [6, 6.07) is 15.1. The quantitative estimate of drug-likeness (QED) is 0.361. The van der Waals surface area contributed by atoms with E-state index in [9.17, 15) is 24.5 Å². The lowest BCUT2D eigenvalue weighted by atomic mass is 9.83. The van der Waals surface area contributed by atoms with Crippen LogP contribution in [-0.2, 0) is 27.1 Å². The van der Waals surface area contributed by atoms with Gasteiger partial charge < -0.3 is 14.4 Å². The van der Waals surface area contributed by atoms with Crippen molar-refractivity contribution in [3.8, 4) is 0 Å². The minimum absolute atomic E-state index is 0.0728. The first-order chi connectivity index (χ1) is 18.4. The monoisotopic (exact) mass is 537 g/mol. The predicted octanol–water partition coefficient (Wildman–Crippen LogP) is 4.99. The van der Waals surface area contributed by atoms with Gasteiger partial charge in [0.15, 0.2) is 0 Å². The molecule has 0 N–H and O–H groups in total. The molecule has 208 valence electrons. The highest BCUT2D eigenvalue weighted by Crippen LogP contribution is 2.35. The van der Waals surface area contributed by atoms with Crippen LogP contribution in [0.1, 0.15) is 45.2 Å². The van der Waals surface area contributed by atoms with E-state index in [2.05, 4.69) is 0 Å². The van der Waals surface area contributed by atoms with Crippen molar-refractivity contribution in [2.45, 2.75) is 64.6 Å². The second-order valence-corrected chi connectivity index (χ2v) is 11.3. The van der Waals surface area contributed by atoms with E-state index in [1.54, 1.807) is 37.8 Å². The molecule has 0 bridgehead atoms. The van der Waals surface area contributed by atoms with Crippen LogP contribution in [0.2, 0.25) is 0 Å². The number of cyclic esters (lactones) is 1. The van der Waals surface area contributed by atoms with Crippen LogP contribution in [0.25, 0.3) is 0 Å². The molecule has 0 aromatic heterocycles. The third kappa shape index (κ3) is 6.74. The molecule has 0 aliphatic carbocycles. The Morgan fingerprint density at radius 2 is 1.82 bits per heavy atom. The van der Waals surface area contributed by atoms with E-state index in [0.717, 1.165) is 5.56 Å². The van der Waals surface area contributed by atoms with Gasteiger partial charge in [-0.25, -0.2) is 14.5 Å². The maximum atomic E-state index is 14.1. The molecule has 0 saturated carbocycles. The Morgan fingerprint density at radius 3 is 2.49 bits per heavy atom. The third-order valence-corrected chi connectivity index (χ3v) is 7.21. The summed E-state index contributed by atoms with van der Waals surface area (Å²) in [6.07, 6.45) is 0.00710. The first-order valence-corrected chi connectivity index (χ1v) is 13.2. The van der Waals surface area contributed by atoms with E-state index in [1.807, 2.05) is 37.3 Å². The van der Waals surface area contributed by atoms with Crippen molar-refractivity contribution in [1.82, 2.24) is 9.80 Å². The van der Waals surface area contributed by atoms with E-state index < -0.39 is 40.6 Å². The highest BCUT2D eigenvalue weighted by atomic mass is 16.6. The van der Waals surface area contributed by atoms with Crippen molar-refractivity contribution in [2.24, 2.45) is 11.8 Å². The first-order valence-electron chi connectivity index (χ1n) is 13.2. The number of nitrogens with zero attached hydrogens (tertiary/aromatic N) is 3. The number of amides is 3. The Morgan fingerprint density at radius 1 is 1.13 bits per heavy atom. The van der Waals surface area contributed by atoms with Gasteiger partial charge in [0, 0.05) is 30.6 Å². The van der Waals surface area contributed by atoms with Crippen LogP contribution < -0.4 is 0 Å². The van der Waals surface area contributed by atoms with Gasteiger partial charge in [0.25, 0.3) is 5.69 Å². The number of nitro groups is 1. The van der Waals surface area contributed by atoms with Gasteiger partial charge in [-0.05, 0) is 64.0 Å². The van der Waals surface area contributed by atoms with Crippen molar-refractivity contribution in [3.05, 3.63) is 75.8 Å². The lowest BCUT2D eigenvalue weighted by molar-refractivity contribution is -0.384. The minimum atomic E-state index is -0.703. The highest BCUT2D eigenvalue weighted by Gasteiger charge is 2.46. The van der Waals surface area contributed by atoms with E-state index in [4.69, 9.17) is 9.47 Å². The number of hydrogen-bond donors (Lipinski definition) is 0. The van der Waals surface area contributed by atoms with E-state index in [0.29, 0.717) is 18.4 Å². The number of nitro benzene ring substituents is 1. The van der Waals surface area contributed by atoms with Crippen LogP contribution in [0.3, 0.4) is 0 Å². The fourth-order valence-electron chi connectivity index (χ4n) is 5.39. The zero-order valence-electron chi connectivity index (χ0n) is 22.7.